The molecule has 0 nitrogen and oxygen atoms in total. The molecule has 0 amide bonds. The van der Waals surface area contributed by atoms with E-state index in [-0.39, 0.29) is 16.8 Å². The summed E-state index contributed by atoms with van der Waals surface area (Å²) in [4.78, 5) is 0. The van der Waals surface area contributed by atoms with E-state index in [1.54, 1.807) is 0 Å². The van der Waals surface area contributed by atoms with Crippen LogP contribution in [-0.2, 0) is 25.0 Å². The molecular weight excluding hydrogens is 372 g/mol. The van der Waals surface area contributed by atoms with E-state index in [9.17, 15) is 0 Å². The molecule has 4 heteroatoms. The predicted octanol–water partition coefficient (Wildman–Crippen LogP) is 1.77. The molecule has 0 fully saturated rings. The fourth-order valence-electron chi connectivity index (χ4n) is 0. The van der Waals surface area contributed by atoms with Crippen molar-refractivity contribution in [2.75, 3.05) is 0 Å². The number of hydrogen-bond donors (Lipinski definition) is 0. The van der Waals surface area contributed by atoms with E-state index in [4.69, 9.17) is 0 Å². The molecule has 0 aliphatic rings. The molecule has 0 aromatic carbocycles. The quantitative estimate of drug-likeness (QED) is 0.569. The van der Waals surface area contributed by atoms with Crippen LogP contribution in [-0.4, -0.2) is 0 Å². The molecule has 0 N–H and O–H groups in total. The van der Waals surface area contributed by atoms with Gasteiger partial charge in [0.1, 0.15) is 0 Å². The molecule has 0 heterocycles. The van der Waals surface area contributed by atoms with Crippen LogP contribution in [0.25, 0.3) is 0 Å². The molecule has 0 saturated carbocycles. The summed E-state index contributed by atoms with van der Waals surface area (Å²) in [6, 6.07) is 0. The molecule has 0 unspecified atom stereocenters. The van der Waals surface area contributed by atoms with E-state index < -0.39 is 0 Å². The van der Waals surface area contributed by atoms with Crippen molar-refractivity contribution in [2.45, 2.75) is 0 Å². The monoisotopic (exact) mass is 372 g/mol. The number of halogens is 2. The zero-order valence-corrected chi connectivity index (χ0v) is 7.82. The topological polar surface area (TPSA) is 0 Å². The second kappa shape index (κ2) is 9.08. The molecule has 32 valence electrons. The SMILES string of the molecule is [Co].[I][Co][I]. The Morgan fingerprint density at radius 3 is 1.25 bits per heavy atom. The third kappa shape index (κ3) is 8.82. The summed E-state index contributed by atoms with van der Waals surface area (Å²) in [5.41, 5.74) is 0. The van der Waals surface area contributed by atoms with Gasteiger partial charge in [0.2, 0.25) is 0 Å². The van der Waals surface area contributed by atoms with Crippen molar-refractivity contribution < 1.29 is 25.0 Å². The van der Waals surface area contributed by atoms with Crippen LogP contribution < -0.4 is 0 Å². The fraction of sp³-hybridized carbons (Fsp3) is 0. The first-order valence-electron chi connectivity index (χ1n) is 0.252. The molecule has 4 heavy (non-hydrogen) atoms. The summed E-state index contributed by atoms with van der Waals surface area (Å²) in [5.74, 6) is 0. The molecule has 1 radical (unpaired) electrons. The van der Waals surface area contributed by atoms with Gasteiger partial charge in [-0.3, -0.25) is 0 Å². The van der Waals surface area contributed by atoms with E-state index >= 15 is 0 Å². The molecular formula is Co2I2. The summed E-state index contributed by atoms with van der Waals surface area (Å²) in [7, 11) is 1.38. The first-order valence-corrected chi connectivity index (χ1v) is 6.97. The Balaban J connectivity index is 0. The average Bonchev–Trinajstić information content (AvgIpc) is 0.918. The standard InChI is InChI=1S/2Co.2HI/h;;2*1H/q;+2;;/p-2. The van der Waals surface area contributed by atoms with Gasteiger partial charge in [-0.15, -0.1) is 0 Å². The van der Waals surface area contributed by atoms with E-state index in [1.165, 1.54) is 8.26 Å². The average molecular weight is 372 g/mol. The first kappa shape index (κ1) is 9.69. The normalized spacial score (nSPS) is 5.50. The van der Waals surface area contributed by atoms with E-state index in [2.05, 4.69) is 40.8 Å². The van der Waals surface area contributed by atoms with Crippen molar-refractivity contribution in [3.63, 3.8) is 0 Å². The maximum absolute atomic E-state index is 2.24. The van der Waals surface area contributed by atoms with Crippen molar-refractivity contribution >= 4 is 40.8 Å². The van der Waals surface area contributed by atoms with Gasteiger partial charge in [0.15, 0.2) is 0 Å². The van der Waals surface area contributed by atoms with Gasteiger partial charge in [0.25, 0.3) is 0 Å². The van der Waals surface area contributed by atoms with Crippen LogP contribution in [0.2, 0.25) is 0 Å². The van der Waals surface area contributed by atoms with Crippen molar-refractivity contribution in [2.24, 2.45) is 0 Å². The van der Waals surface area contributed by atoms with Gasteiger partial charge in [0.05, 0.1) is 0 Å². The van der Waals surface area contributed by atoms with E-state index in [0.29, 0.717) is 0 Å². The molecule has 0 spiro atoms. The van der Waals surface area contributed by atoms with Crippen molar-refractivity contribution in [3.05, 3.63) is 0 Å². The molecule has 0 atom stereocenters. The summed E-state index contributed by atoms with van der Waals surface area (Å²) >= 11 is 4.49. The molecule has 0 bridgehead atoms. The molecule has 0 aliphatic heterocycles. The summed E-state index contributed by atoms with van der Waals surface area (Å²) in [6.07, 6.45) is 0. The Labute approximate surface area is 64.7 Å². The van der Waals surface area contributed by atoms with Crippen LogP contribution >= 0.6 is 40.8 Å². The number of rotatable bonds is 0. The Bertz CT molecular complexity index is 4.00. The molecule has 0 aliphatic carbocycles. The summed E-state index contributed by atoms with van der Waals surface area (Å²) in [6.45, 7) is 0. The van der Waals surface area contributed by atoms with Gasteiger partial charge < -0.3 is 0 Å². The minimum absolute atomic E-state index is 0. The third-order valence-corrected chi connectivity index (χ3v) is 0. The Morgan fingerprint density at radius 2 is 1.25 bits per heavy atom. The van der Waals surface area contributed by atoms with Crippen LogP contribution in [0.4, 0.5) is 0 Å². The Kier molecular flexibility index (Phi) is 22.0. The fourth-order valence-corrected chi connectivity index (χ4v) is 0. The minimum atomic E-state index is 0. The zero-order valence-electron chi connectivity index (χ0n) is 1.42. The zero-order chi connectivity index (χ0) is 2.71. The van der Waals surface area contributed by atoms with Gasteiger partial charge in [-0.2, -0.15) is 0 Å². The van der Waals surface area contributed by atoms with Crippen LogP contribution in [0.15, 0.2) is 0 Å². The molecule has 0 aromatic heterocycles. The summed E-state index contributed by atoms with van der Waals surface area (Å²) in [5, 5.41) is 0. The van der Waals surface area contributed by atoms with E-state index in [0.717, 1.165) is 0 Å². The van der Waals surface area contributed by atoms with Crippen molar-refractivity contribution in [1.29, 1.82) is 0 Å². The van der Waals surface area contributed by atoms with Crippen molar-refractivity contribution in [1.82, 2.24) is 0 Å². The third-order valence-electron chi connectivity index (χ3n) is 0. The van der Waals surface area contributed by atoms with Gasteiger partial charge in [-0.25, -0.2) is 0 Å². The Morgan fingerprint density at radius 1 is 1.25 bits per heavy atom. The van der Waals surface area contributed by atoms with Crippen LogP contribution in [0.3, 0.4) is 0 Å². The van der Waals surface area contributed by atoms with E-state index in [1.807, 2.05) is 0 Å². The van der Waals surface area contributed by atoms with Crippen LogP contribution in [0.5, 0.6) is 0 Å². The number of hydrogen-bond acceptors (Lipinski definition) is 0. The second-order valence-corrected chi connectivity index (χ2v) is 8.84. The molecule has 0 saturated heterocycles. The van der Waals surface area contributed by atoms with Gasteiger partial charge in [-0.05, 0) is 0 Å². The molecule has 0 aromatic rings. The second-order valence-electron chi connectivity index (χ2n) is 0.0476. The maximum atomic E-state index is 2.24. The summed E-state index contributed by atoms with van der Waals surface area (Å²) < 4.78 is 0. The van der Waals surface area contributed by atoms with Gasteiger partial charge >= 0.3 is 49.1 Å². The predicted molar refractivity (Wildman–Crippen MR) is 28.0 cm³/mol. The Hall–Kier alpha value is 2.47. The van der Waals surface area contributed by atoms with Gasteiger partial charge in [-0.1, -0.05) is 0 Å². The van der Waals surface area contributed by atoms with Crippen LogP contribution in [0.1, 0.15) is 0 Å². The van der Waals surface area contributed by atoms with Gasteiger partial charge in [0, 0.05) is 16.8 Å². The molecule has 0 rings (SSSR count). The first-order chi connectivity index (χ1) is 1.41. The van der Waals surface area contributed by atoms with Crippen LogP contribution in [0, 0.1) is 0 Å². The van der Waals surface area contributed by atoms with Crippen molar-refractivity contribution in [3.8, 4) is 0 Å².